The van der Waals surface area contributed by atoms with E-state index >= 15 is 0 Å². The molecule has 1 atom stereocenters. The Morgan fingerprint density at radius 1 is 1.37 bits per heavy atom. The molecular weight excluding hydrogens is 240 g/mol. The van der Waals surface area contributed by atoms with Gasteiger partial charge in [0.1, 0.15) is 11.5 Å². The molecule has 0 saturated heterocycles. The van der Waals surface area contributed by atoms with Crippen LogP contribution in [0, 0.1) is 5.92 Å². The summed E-state index contributed by atoms with van der Waals surface area (Å²) in [6, 6.07) is 5.63. The van der Waals surface area contributed by atoms with Crippen LogP contribution in [0.15, 0.2) is 18.2 Å². The highest BCUT2D eigenvalue weighted by atomic mass is 16.5. The topological polar surface area (TPSA) is 58.7 Å². The van der Waals surface area contributed by atoms with E-state index in [0.717, 1.165) is 18.5 Å². The Labute approximate surface area is 116 Å². The highest BCUT2D eigenvalue weighted by Gasteiger charge is 2.10. The molecule has 19 heavy (non-hydrogen) atoms. The molecule has 0 fully saturated rings. The third-order valence-corrected chi connectivity index (χ3v) is 3.43. The van der Waals surface area contributed by atoms with Crippen molar-refractivity contribution >= 4 is 0 Å². The van der Waals surface area contributed by atoms with Gasteiger partial charge in [-0.3, -0.25) is 0 Å². The van der Waals surface area contributed by atoms with Gasteiger partial charge in [0.05, 0.1) is 7.11 Å². The van der Waals surface area contributed by atoms with Crippen molar-refractivity contribution in [2.24, 2.45) is 11.7 Å². The number of ether oxygens (including phenoxy) is 1. The molecular formula is C15H26N2O2. The largest absolute Gasteiger partial charge is 0.507 e. The molecule has 0 radical (unpaired) electrons. The Hall–Kier alpha value is -1.26. The van der Waals surface area contributed by atoms with Gasteiger partial charge in [-0.05, 0) is 32.0 Å². The number of phenols is 1. The first-order valence-electron chi connectivity index (χ1n) is 6.74. The van der Waals surface area contributed by atoms with E-state index in [1.165, 1.54) is 0 Å². The molecule has 0 bridgehead atoms. The summed E-state index contributed by atoms with van der Waals surface area (Å²) < 4.78 is 5.07. The Bertz CT molecular complexity index is 394. The number of rotatable bonds is 7. The van der Waals surface area contributed by atoms with Gasteiger partial charge in [0, 0.05) is 24.2 Å². The van der Waals surface area contributed by atoms with Gasteiger partial charge in [-0.15, -0.1) is 0 Å². The highest BCUT2D eigenvalue weighted by Crippen LogP contribution is 2.24. The monoisotopic (exact) mass is 266 g/mol. The first kappa shape index (κ1) is 15.8. The van der Waals surface area contributed by atoms with Crippen LogP contribution in [0.3, 0.4) is 0 Å². The third-order valence-electron chi connectivity index (χ3n) is 3.43. The van der Waals surface area contributed by atoms with Crippen molar-refractivity contribution in [1.29, 1.82) is 0 Å². The molecule has 4 heteroatoms. The Morgan fingerprint density at radius 2 is 2.05 bits per heavy atom. The lowest BCUT2D eigenvalue weighted by molar-refractivity contribution is 0.292. The molecule has 1 aromatic carbocycles. The van der Waals surface area contributed by atoms with Gasteiger partial charge in [-0.25, -0.2) is 0 Å². The van der Waals surface area contributed by atoms with E-state index in [4.69, 9.17) is 10.5 Å². The lowest BCUT2D eigenvalue weighted by Gasteiger charge is -2.21. The molecule has 0 aliphatic rings. The predicted octanol–water partition coefficient (Wildman–Crippen LogP) is 2.21. The third kappa shape index (κ3) is 5.09. The van der Waals surface area contributed by atoms with Crippen LogP contribution >= 0.6 is 0 Å². The number of aromatic hydroxyl groups is 1. The quantitative estimate of drug-likeness (QED) is 0.794. The summed E-state index contributed by atoms with van der Waals surface area (Å²) in [4.78, 5) is 2.17. The Balaban J connectivity index is 2.50. The summed E-state index contributed by atoms with van der Waals surface area (Å²) in [5.41, 5.74) is 6.94. The van der Waals surface area contributed by atoms with Gasteiger partial charge >= 0.3 is 0 Å². The molecule has 0 heterocycles. The minimum Gasteiger partial charge on any atom is -0.507 e. The molecule has 0 amide bonds. The lowest BCUT2D eigenvalue weighted by Crippen LogP contribution is -2.31. The number of hydrogen-bond acceptors (Lipinski definition) is 4. The predicted molar refractivity (Wildman–Crippen MR) is 78.4 cm³/mol. The smallest absolute Gasteiger partial charge is 0.123 e. The van der Waals surface area contributed by atoms with E-state index in [0.29, 0.717) is 18.2 Å². The van der Waals surface area contributed by atoms with Crippen molar-refractivity contribution in [1.82, 2.24) is 4.90 Å². The first-order chi connectivity index (χ1) is 8.93. The van der Waals surface area contributed by atoms with Gasteiger partial charge in [-0.1, -0.05) is 19.9 Å². The zero-order chi connectivity index (χ0) is 14.4. The SMILES string of the molecule is COc1ccc(CN(C)CCC(N)C(C)C)c(O)c1. The standard InChI is InChI=1S/C15H26N2O2/c1-11(2)14(16)7-8-17(3)10-12-5-6-13(19-4)9-15(12)18/h5-6,9,11,14,18H,7-8,10,16H2,1-4H3. The molecule has 108 valence electrons. The van der Waals surface area contributed by atoms with Crippen LogP contribution < -0.4 is 10.5 Å². The molecule has 1 rings (SSSR count). The molecule has 1 aromatic rings. The molecule has 0 aliphatic heterocycles. The zero-order valence-corrected chi connectivity index (χ0v) is 12.4. The van der Waals surface area contributed by atoms with Crippen LogP contribution in [-0.2, 0) is 6.54 Å². The summed E-state index contributed by atoms with van der Waals surface area (Å²) in [6.07, 6.45) is 0.963. The fourth-order valence-corrected chi connectivity index (χ4v) is 1.88. The molecule has 0 aromatic heterocycles. The van der Waals surface area contributed by atoms with Crippen molar-refractivity contribution in [2.75, 3.05) is 20.7 Å². The lowest BCUT2D eigenvalue weighted by atomic mass is 10.0. The maximum Gasteiger partial charge on any atom is 0.123 e. The average molecular weight is 266 g/mol. The number of benzene rings is 1. The van der Waals surface area contributed by atoms with Crippen LogP contribution in [0.25, 0.3) is 0 Å². The van der Waals surface area contributed by atoms with Gasteiger partial charge in [-0.2, -0.15) is 0 Å². The summed E-state index contributed by atoms with van der Waals surface area (Å²) in [6.45, 7) is 5.91. The van der Waals surface area contributed by atoms with E-state index in [1.807, 2.05) is 19.2 Å². The number of nitrogens with two attached hydrogens (primary N) is 1. The number of phenolic OH excluding ortho intramolecular Hbond substituents is 1. The zero-order valence-electron chi connectivity index (χ0n) is 12.4. The van der Waals surface area contributed by atoms with E-state index in [9.17, 15) is 5.11 Å². The second-order valence-electron chi connectivity index (χ2n) is 5.43. The van der Waals surface area contributed by atoms with Crippen LogP contribution in [0.1, 0.15) is 25.8 Å². The Kier molecular flexibility index (Phi) is 6.12. The molecule has 0 aliphatic carbocycles. The second kappa shape index (κ2) is 7.36. The number of hydrogen-bond donors (Lipinski definition) is 2. The van der Waals surface area contributed by atoms with E-state index in [-0.39, 0.29) is 11.8 Å². The van der Waals surface area contributed by atoms with Gasteiger partial charge < -0.3 is 20.5 Å². The number of nitrogens with zero attached hydrogens (tertiary/aromatic N) is 1. The minimum atomic E-state index is 0.229. The second-order valence-corrected chi connectivity index (χ2v) is 5.43. The molecule has 3 N–H and O–H groups in total. The van der Waals surface area contributed by atoms with Crippen molar-refractivity contribution in [3.63, 3.8) is 0 Å². The van der Waals surface area contributed by atoms with Crippen molar-refractivity contribution in [3.05, 3.63) is 23.8 Å². The normalized spacial score (nSPS) is 13.0. The average Bonchev–Trinajstić information content (AvgIpc) is 2.38. The summed E-state index contributed by atoms with van der Waals surface area (Å²) in [5, 5.41) is 9.91. The summed E-state index contributed by atoms with van der Waals surface area (Å²) >= 11 is 0. The first-order valence-corrected chi connectivity index (χ1v) is 6.74. The summed E-state index contributed by atoms with van der Waals surface area (Å²) in [7, 11) is 3.63. The van der Waals surface area contributed by atoms with E-state index in [1.54, 1.807) is 13.2 Å². The molecule has 4 nitrogen and oxygen atoms in total. The van der Waals surface area contributed by atoms with Gasteiger partial charge in [0.2, 0.25) is 0 Å². The van der Waals surface area contributed by atoms with Crippen LogP contribution in [0.4, 0.5) is 0 Å². The molecule has 0 saturated carbocycles. The highest BCUT2D eigenvalue weighted by molar-refractivity contribution is 5.39. The minimum absolute atomic E-state index is 0.229. The Morgan fingerprint density at radius 3 is 2.58 bits per heavy atom. The molecule has 1 unspecified atom stereocenters. The fourth-order valence-electron chi connectivity index (χ4n) is 1.88. The molecule has 0 spiro atoms. The van der Waals surface area contributed by atoms with Crippen LogP contribution in [0.5, 0.6) is 11.5 Å². The number of methoxy groups -OCH3 is 1. The van der Waals surface area contributed by atoms with Crippen molar-refractivity contribution < 1.29 is 9.84 Å². The summed E-state index contributed by atoms with van der Waals surface area (Å²) in [5.74, 6) is 1.45. The fraction of sp³-hybridized carbons (Fsp3) is 0.600. The maximum absolute atomic E-state index is 9.91. The van der Waals surface area contributed by atoms with Crippen LogP contribution in [0.2, 0.25) is 0 Å². The van der Waals surface area contributed by atoms with E-state index < -0.39 is 0 Å². The van der Waals surface area contributed by atoms with Gasteiger partial charge in [0.25, 0.3) is 0 Å². The van der Waals surface area contributed by atoms with Crippen LogP contribution in [-0.4, -0.2) is 36.8 Å². The van der Waals surface area contributed by atoms with Gasteiger partial charge in [0.15, 0.2) is 0 Å². The van der Waals surface area contributed by atoms with Crippen molar-refractivity contribution in [3.8, 4) is 11.5 Å². The van der Waals surface area contributed by atoms with Crippen molar-refractivity contribution in [2.45, 2.75) is 32.9 Å². The van der Waals surface area contributed by atoms with E-state index in [2.05, 4.69) is 18.7 Å². The maximum atomic E-state index is 9.91.